The van der Waals surface area contributed by atoms with Crippen LogP contribution in [0.2, 0.25) is 0 Å². The maximum atomic E-state index is 10.5. The predicted molar refractivity (Wildman–Crippen MR) is 55.7 cm³/mol. The predicted octanol–water partition coefficient (Wildman–Crippen LogP) is 1.51. The Balaban J connectivity index is 3.02. The summed E-state index contributed by atoms with van der Waals surface area (Å²) >= 11 is 0.367. The summed E-state index contributed by atoms with van der Waals surface area (Å²) in [5.41, 5.74) is 0. The summed E-state index contributed by atoms with van der Waals surface area (Å²) in [4.78, 5) is 9.79. The normalized spacial score (nSPS) is 15.2. The molecule has 8 heteroatoms. The van der Waals surface area contributed by atoms with Crippen LogP contribution in [0.1, 0.15) is 10.3 Å². The monoisotopic (exact) mass is 332 g/mol. The fourth-order valence-corrected chi connectivity index (χ4v) is 3.15. The number of nitro groups is 1. The van der Waals surface area contributed by atoms with Crippen LogP contribution >= 0.6 is 33.9 Å². The molecular formula is C5H3INO4S2-. The van der Waals surface area contributed by atoms with E-state index < -0.39 is 21.4 Å². The molecule has 0 aromatic carbocycles. The summed E-state index contributed by atoms with van der Waals surface area (Å²) in [6.45, 7) is 0. The van der Waals surface area contributed by atoms with Gasteiger partial charge in [-0.25, -0.2) is 0 Å². The average molecular weight is 332 g/mol. The molecular weight excluding hydrogens is 329 g/mol. The number of thiophene rings is 1. The molecule has 0 aliphatic rings. The van der Waals surface area contributed by atoms with Crippen molar-refractivity contribution in [2.45, 2.75) is 5.37 Å². The van der Waals surface area contributed by atoms with Gasteiger partial charge in [-0.05, 0) is 34.7 Å². The summed E-state index contributed by atoms with van der Waals surface area (Å²) in [5.74, 6) is 0. The molecule has 0 aliphatic heterocycles. The fraction of sp³-hybridized carbons (Fsp3) is 0.200. The molecule has 0 radical (unpaired) electrons. The highest BCUT2D eigenvalue weighted by atomic mass is 127. The molecule has 0 saturated heterocycles. The van der Waals surface area contributed by atoms with Crippen LogP contribution in [-0.2, 0) is 11.1 Å². The van der Waals surface area contributed by atoms with Gasteiger partial charge >= 0.3 is 5.37 Å². The number of rotatable bonds is 3. The van der Waals surface area contributed by atoms with Crippen molar-refractivity contribution < 1.29 is 13.7 Å². The molecule has 0 spiro atoms. The standard InChI is InChI=1S/C5H4INO4S2/c6-4-2-1-3(12-4)5(7(8)9)13(10)11/h1-2,5H,(H,10,11)/p-1. The smallest absolute Gasteiger partial charge is 0.307 e. The van der Waals surface area contributed by atoms with Crippen molar-refractivity contribution in [1.82, 2.24) is 0 Å². The van der Waals surface area contributed by atoms with E-state index in [9.17, 15) is 18.9 Å². The zero-order chi connectivity index (χ0) is 10.0. The molecule has 0 bridgehead atoms. The van der Waals surface area contributed by atoms with Crippen LogP contribution in [0, 0.1) is 13.0 Å². The first-order valence-corrected chi connectivity index (χ1v) is 6.02. The van der Waals surface area contributed by atoms with Crippen molar-refractivity contribution >= 4 is 45.0 Å². The zero-order valence-electron chi connectivity index (χ0n) is 6.01. The van der Waals surface area contributed by atoms with Gasteiger partial charge in [-0.15, -0.1) is 11.3 Å². The first-order chi connectivity index (χ1) is 6.02. The number of hydrogen-bond donors (Lipinski definition) is 0. The molecule has 72 valence electrons. The molecule has 0 N–H and O–H groups in total. The Kier molecular flexibility index (Phi) is 3.76. The molecule has 13 heavy (non-hydrogen) atoms. The molecule has 2 unspecified atom stereocenters. The Morgan fingerprint density at radius 2 is 2.23 bits per heavy atom. The van der Waals surface area contributed by atoms with E-state index in [1.54, 1.807) is 6.07 Å². The Bertz CT molecular complexity index is 338. The van der Waals surface area contributed by atoms with Gasteiger partial charge in [-0.2, -0.15) is 0 Å². The number of nitrogens with zero attached hydrogens (tertiary/aromatic N) is 1. The van der Waals surface area contributed by atoms with E-state index >= 15 is 0 Å². The maximum Gasteiger partial charge on any atom is 0.307 e. The average Bonchev–Trinajstić information content (AvgIpc) is 2.34. The van der Waals surface area contributed by atoms with Crippen LogP contribution in [0.3, 0.4) is 0 Å². The summed E-state index contributed by atoms with van der Waals surface area (Å²) < 4.78 is 21.9. The van der Waals surface area contributed by atoms with Gasteiger partial charge < -0.3 is 4.55 Å². The third-order valence-electron chi connectivity index (χ3n) is 1.21. The molecule has 1 rings (SSSR count). The number of halogens is 1. The highest BCUT2D eigenvalue weighted by Crippen LogP contribution is 2.27. The minimum Gasteiger partial charge on any atom is -0.767 e. The van der Waals surface area contributed by atoms with Crippen LogP contribution in [0.25, 0.3) is 0 Å². The SMILES string of the molecule is O=[N+]([O-])C(c1ccc(I)s1)S(=O)[O-]. The maximum absolute atomic E-state index is 10.5. The quantitative estimate of drug-likeness (QED) is 0.363. The summed E-state index contributed by atoms with van der Waals surface area (Å²) in [7, 11) is 0. The second-order valence-electron chi connectivity index (χ2n) is 2.04. The van der Waals surface area contributed by atoms with Crippen LogP contribution in [-0.4, -0.2) is 13.7 Å². The molecule has 5 nitrogen and oxygen atoms in total. The summed E-state index contributed by atoms with van der Waals surface area (Å²) in [6.07, 6.45) is 0. The molecule has 2 atom stereocenters. The Labute approximate surface area is 93.7 Å². The lowest BCUT2D eigenvalue weighted by molar-refractivity contribution is -0.502. The van der Waals surface area contributed by atoms with Gasteiger partial charge in [0.1, 0.15) is 0 Å². The zero-order valence-corrected chi connectivity index (χ0v) is 9.80. The van der Waals surface area contributed by atoms with Crippen molar-refractivity contribution in [3.63, 3.8) is 0 Å². The van der Waals surface area contributed by atoms with E-state index in [4.69, 9.17) is 0 Å². The lowest BCUT2D eigenvalue weighted by Gasteiger charge is -2.09. The van der Waals surface area contributed by atoms with Gasteiger partial charge in [-0.1, -0.05) is 0 Å². The van der Waals surface area contributed by atoms with E-state index in [-0.39, 0.29) is 4.88 Å². The first-order valence-electron chi connectivity index (χ1n) is 2.99. The van der Waals surface area contributed by atoms with Crippen LogP contribution in [0.4, 0.5) is 0 Å². The van der Waals surface area contributed by atoms with Crippen LogP contribution in [0.5, 0.6) is 0 Å². The van der Waals surface area contributed by atoms with E-state index in [2.05, 4.69) is 0 Å². The van der Waals surface area contributed by atoms with Crippen molar-refractivity contribution in [3.8, 4) is 0 Å². The molecule has 1 aromatic rings. The molecule has 1 heterocycles. The summed E-state index contributed by atoms with van der Waals surface area (Å²) in [6, 6.07) is 3.10. The molecule has 0 amide bonds. The van der Waals surface area contributed by atoms with Crippen molar-refractivity contribution in [3.05, 3.63) is 30.0 Å². The highest BCUT2D eigenvalue weighted by molar-refractivity contribution is 14.1. The second-order valence-corrected chi connectivity index (χ2v) is 6.02. The minimum absolute atomic E-state index is 0.239. The lowest BCUT2D eigenvalue weighted by atomic mass is 10.5. The molecule has 0 saturated carbocycles. The van der Waals surface area contributed by atoms with E-state index in [0.717, 1.165) is 14.2 Å². The van der Waals surface area contributed by atoms with Gasteiger partial charge in [0.15, 0.2) is 0 Å². The van der Waals surface area contributed by atoms with Gasteiger partial charge in [0.25, 0.3) is 0 Å². The second kappa shape index (κ2) is 4.44. The van der Waals surface area contributed by atoms with Gasteiger partial charge in [0.2, 0.25) is 0 Å². The third kappa shape index (κ3) is 2.69. The molecule has 1 aromatic heterocycles. The third-order valence-corrected chi connectivity index (χ3v) is 4.10. The summed E-state index contributed by atoms with van der Waals surface area (Å²) in [5, 5.41) is 8.74. The highest BCUT2D eigenvalue weighted by Gasteiger charge is 2.25. The largest absolute Gasteiger partial charge is 0.767 e. The van der Waals surface area contributed by atoms with Crippen LogP contribution < -0.4 is 0 Å². The Hall–Kier alpha value is -0.0600. The van der Waals surface area contributed by atoms with Gasteiger partial charge in [-0.3, -0.25) is 14.3 Å². The van der Waals surface area contributed by atoms with Gasteiger partial charge in [0.05, 0.1) is 7.76 Å². The Morgan fingerprint density at radius 3 is 2.54 bits per heavy atom. The van der Waals surface area contributed by atoms with Crippen molar-refractivity contribution in [1.29, 1.82) is 0 Å². The van der Waals surface area contributed by atoms with E-state index in [1.807, 2.05) is 22.6 Å². The minimum atomic E-state index is -2.71. The molecule has 0 fully saturated rings. The van der Waals surface area contributed by atoms with Crippen molar-refractivity contribution in [2.75, 3.05) is 0 Å². The topological polar surface area (TPSA) is 83.3 Å². The first kappa shape index (κ1) is 11.0. The van der Waals surface area contributed by atoms with Gasteiger partial charge in [0, 0.05) is 16.0 Å². The Morgan fingerprint density at radius 1 is 1.62 bits per heavy atom. The van der Waals surface area contributed by atoms with Crippen molar-refractivity contribution in [2.24, 2.45) is 0 Å². The van der Waals surface area contributed by atoms with E-state index in [0.29, 0.717) is 0 Å². The number of hydrogen-bond acceptors (Lipinski definition) is 5. The molecule has 0 aliphatic carbocycles. The van der Waals surface area contributed by atoms with Crippen LogP contribution in [0.15, 0.2) is 12.1 Å². The van der Waals surface area contributed by atoms with E-state index in [1.165, 1.54) is 6.07 Å². The lowest BCUT2D eigenvalue weighted by Crippen LogP contribution is -2.14. The fourth-order valence-electron chi connectivity index (χ4n) is 0.730.